The van der Waals surface area contributed by atoms with E-state index in [2.05, 4.69) is 88.9 Å². The second kappa shape index (κ2) is 5.37. The smallest absolute Gasteiger partial charge is 0.0556 e. The minimum atomic E-state index is 0.188. The molecule has 2 aromatic rings. The summed E-state index contributed by atoms with van der Waals surface area (Å²) < 4.78 is 0. The SMILES string of the molecule is CC(C)(C)c1ccc(C(C)(C)C)c2c1C1CCC2N1c1ccccc1. The first kappa shape index (κ1) is 16.7. The van der Waals surface area contributed by atoms with Crippen molar-refractivity contribution in [3.63, 3.8) is 0 Å². The Kier molecular flexibility index (Phi) is 3.58. The van der Waals surface area contributed by atoms with Gasteiger partial charge in [0.2, 0.25) is 0 Å². The van der Waals surface area contributed by atoms with E-state index in [-0.39, 0.29) is 10.8 Å². The van der Waals surface area contributed by atoms with E-state index in [1.165, 1.54) is 18.5 Å². The summed E-state index contributed by atoms with van der Waals surface area (Å²) in [6.45, 7) is 14.2. The van der Waals surface area contributed by atoms with Gasteiger partial charge in [0.05, 0.1) is 12.1 Å². The molecule has 0 N–H and O–H groups in total. The number of benzene rings is 2. The molecule has 4 rings (SSSR count). The van der Waals surface area contributed by atoms with Crippen LogP contribution in [0.15, 0.2) is 42.5 Å². The third-order valence-electron chi connectivity index (χ3n) is 6.01. The molecule has 0 spiro atoms. The maximum atomic E-state index is 2.70. The molecule has 1 nitrogen and oxygen atoms in total. The molecule has 0 amide bonds. The molecule has 0 saturated carbocycles. The lowest BCUT2D eigenvalue weighted by molar-refractivity contribution is 0.550. The third kappa shape index (κ3) is 2.51. The first-order chi connectivity index (χ1) is 11.7. The second-order valence-electron chi connectivity index (χ2n) is 9.84. The van der Waals surface area contributed by atoms with Crippen LogP contribution in [-0.4, -0.2) is 0 Å². The van der Waals surface area contributed by atoms with Crippen LogP contribution in [-0.2, 0) is 10.8 Å². The number of fused-ring (bicyclic) bond motifs is 5. The zero-order valence-corrected chi connectivity index (χ0v) is 16.6. The molecule has 0 aromatic heterocycles. The Labute approximate surface area is 153 Å². The van der Waals surface area contributed by atoms with Gasteiger partial charge in [-0.15, -0.1) is 0 Å². The maximum Gasteiger partial charge on any atom is 0.0556 e. The van der Waals surface area contributed by atoms with Crippen molar-refractivity contribution in [2.75, 3.05) is 4.90 Å². The van der Waals surface area contributed by atoms with Gasteiger partial charge in [-0.3, -0.25) is 0 Å². The quantitative estimate of drug-likeness (QED) is 0.563. The second-order valence-corrected chi connectivity index (χ2v) is 9.84. The lowest BCUT2D eigenvalue weighted by atomic mass is 9.72. The van der Waals surface area contributed by atoms with Crippen LogP contribution >= 0.6 is 0 Å². The Morgan fingerprint density at radius 1 is 0.680 bits per heavy atom. The van der Waals surface area contributed by atoms with Crippen molar-refractivity contribution in [3.8, 4) is 0 Å². The average molecular weight is 334 g/mol. The molecule has 1 fully saturated rings. The van der Waals surface area contributed by atoms with Gasteiger partial charge in [-0.05, 0) is 58.1 Å². The predicted molar refractivity (Wildman–Crippen MR) is 107 cm³/mol. The largest absolute Gasteiger partial charge is 0.357 e. The molecule has 0 radical (unpaired) electrons. The van der Waals surface area contributed by atoms with Crippen molar-refractivity contribution in [1.82, 2.24) is 0 Å². The molecule has 1 saturated heterocycles. The van der Waals surface area contributed by atoms with Crippen LogP contribution in [0.4, 0.5) is 5.69 Å². The highest BCUT2D eigenvalue weighted by molar-refractivity contribution is 5.64. The molecule has 2 atom stereocenters. The zero-order chi connectivity index (χ0) is 18.0. The lowest BCUT2D eigenvalue weighted by Gasteiger charge is -2.31. The number of hydrogen-bond acceptors (Lipinski definition) is 1. The van der Waals surface area contributed by atoms with Crippen LogP contribution in [0.5, 0.6) is 0 Å². The van der Waals surface area contributed by atoms with E-state index in [0.717, 1.165) is 0 Å². The van der Waals surface area contributed by atoms with Gasteiger partial charge in [0.15, 0.2) is 0 Å². The highest BCUT2D eigenvalue weighted by Gasteiger charge is 2.48. The zero-order valence-electron chi connectivity index (χ0n) is 16.6. The van der Waals surface area contributed by atoms with Gasteiger partial charge in [0.1, 0.15) is 0 Å². The predicted octanol–water partition coefficient (Wildman–Crippen LogP) is 6.68. The van der Waals surface area contributed by atoms with Gasteiger partial charge < -0.3 is 4.90 Å². The fourth-order valence-electron chi connectivity index (χ4n) is 5.00. The summed E-state index contributed by atoms with van der Waals surface area (Å²) in [5, 5.41) is 0. The fourth-order valence-corrected chi connectivity index (χ4v) is 5.00. The standard InChI is InChI=1S/C24H31N/c1-23(2,3)17-12-13-18(24(4,5)6)22-20-15-14-19(21(17)22)25(20)16-10-8-7-9-11-16/h7-13,19-20H,14-15H2,1-6H3. The number of hydrogen-bond donors (Lipinski definition) is 0. The molecule has 2 unspecified atom stereocenters. The topological polar surface area (TPSA) is 3.24 Å². The van der Waals surface area contributed by atoms with E-state index in [1.54, 1.807) is 22.3 Å². The van der Waals surface area contributed by atoms with Crippen molar-refractivity contribution in [1.29, 1.82) is 0 Å². The van der Waals surface area contributed by atoms with Gasteiger partial charge in [0, 0.05) is 5.69 Å². The number of anilines is 1. The molecule has 2 heterocycles. The monoisotopic (exact) mass is 333 g/mol. The van der Waals surface area contributed by atoms with Crippen molar-refractivity contribution < 1.29 is 0 Å². The number of nitrogens with zero attached hydrogens (tertiary/aromatic N) is 1. The normalized spacial score (nSPS) is 22.4. The first-order valence-corrected chi connectivity index (χ1v) is 9.71. The summed E-state index contributed by atoms with van der Waals surface area (Å²) in [7, 11) is 0. The van der Waals surface area contributed by atoms with E-state index in [9.17, 15) is 0 Å². The lowest BCUT2D eigenvalue weighted by Crippen LogP contribution is -2.21. The molecular formula is C24H31N. The summed E-state index contributed by atoms with van der Waals surface area (Å²) in [6.07, 6.45) is 2.56. The third-order valence-corrected chi connectivity index (χ3v) is 6.01. The van der Waals surface area contributed by atoms with Gasteiger partial charge in [0.25, 0.3) is 0 Å². The molecule has 2 aromatic carbocycles. The molecule has 0 aliphatic carbocycles. The molecule has 2 aliphatic heterocycles. The van der Waals surface area contributed by atoms with Crippen LogP contribution in [0.1, 0.15) is 88.7 Å². The van der Waals surface area contributed by atoms with Crippen molar-refractivity contribution in [3.05, 3.63) is 64.7 Å². The van der Waals surface area contributed by atoms with Crippen LogP contribution < -0.4 is 4.90 Å². The first-order valence-electron chi connectivity index (χ1n) is 9.71. The van der Waals surface area contributed by atoms with Gasteiger partial charge >= 0.3 is 0 Å². The fraction of sp³-hybridized carbons (Fsp3) is 0.500. The summed E-state index contributed by atoms with van der Waals surface area (Å²) >= 11 is 0. The van der Waals surface area contributed by atoms with Crippen molar-refractivity contribution >= 4 is 5.69 Å². The Morgan fingerprint density at radius 3 is 1.52 bits per heavy atom. The van der Waals surface area contributed by atoms with Gasteiger partial charge in [-0.2, -0.15) is 0 Å². The average Bonchev–Trinajstić information content (AvgIpc) is 3.10. The summed E-state index contributed by atoms with van der Waals surface area (Å²) in [6, 6.07) is 17.0. The maximum absolute atomic E-state index is 2.70. The van der Waals surface area contributed by atoms with Gasteiger partial charge in [-0.25, -0.2) is 0 Å². The van der Waals surface area contributed by atoms with Crippen LogP contribution in [0.25, 0.3) is 0 Å². The van der Waals surface area contributed by atoms with E-state index in [4.69, 9.17) is 0 Å². The van der Waals surface area contributed by atoms with E-state index in [0.29, 0.717) is 12.1 Å². The Bertz CT molecular complexity index is 740. The van der Waals surface area contributed by atoms with Crippen LogP contribution in [0, 0.1) is 0 Å². The number of rotatable bonds is 1. The summed E-state index contributed by atoms with van der Waals surface area (Å²) in [5.74, 6) is 0. The molecule has 2 aliphatic rings. The summed E-state index contributed by atoms with van der Waals surface area (Å²) in [4.78, 5) is 2.70. The Balaban J connectivity index is 1.95. The van der Waals surface area contributed by atoms with Crippen LogP contribution in [0.2, 0.25) is 0 Å². The minimum Gasteiger partial charge on any atom is -0.357 e. The van der Waals surface area contributed by atoms with Crippen molar-refractivity contribution in [2.24, 2.45) is 0 Å². The Hall–Kier alpha value is -1.76. The van der Waals surface area contributed by atoms with E-state index < -0.39 is 0 Å². The number of para-hydroxylation sites is 1. The minimum absolute atomic E-state index is 0.188. The molecule has 2 bridgehead atoms. The molecule has 1 heteroatoms. The summed E-state index contributed by atoms with van der Waals surface area (Å²) in [5.41, 5.74) is 8.12. The molecule has 25 heavy (non-hydrogen) atoms. The highest BCUT2D eigenvalue weighted by atomic mass is 15.2. The van der Waals surface area contributed by atoms with Crippen LogP contribution in [0.3, 0.4) is 0 Å². The van der Waals surface area contributed by atoms with E-state index >= 15 is 0 Å². The van der Waals surface area contributed by atoms with Gasteiger partial charge in [-0.1, -0.05) is 71.9 Å². The highest BCUT2D eigenvalue weighted by Crippen LogP contribution is 2.59. The Morgan fingerprint density at radius 2 is 1.12 bits per heavy atom. The molecular weight excluding hydrogens is 302 g/mol. The molecule has 132 valence electrons. The van der Waals surface area contributed by atoms with E-state index in [1.807, 2.05) is 0 Å². The van der Waals surface area contributed by atoms with Crippen molar-refractivity contribution in [2.45, 2.75) is 77.3 Å².